The van der Waals surface area contributed by atoms with Crippen molar-refractivity contribution >= 4 is 5.91 Å². The lowest BCUT2D eigenvalue weighted by atomic mass is 10.0. The maximum atomic E-state index is 11.3. The van der Waals surface area contributed by atoms with Crippen molar-refractivity contribution < 1.29 is 9.53 Å². The first kappa shape index (κ1) is 16.8. The van der Waals surface area contributed by atoms with Crippen LogP contribution in [0.5, 0.6) is 5.75 Å². The van der Waals surface area contributed by atoms with Crippen molar-refractivity contribution in [2.24, 2.45) is 5.73 Å². The lowest BCUT2D eigenvalue weighted by Gasteiger charge is -2.16. The Balaban J connectivity index is 2.02. The van der Waals surface area contributed by atoms with Gasteiger partial charge in [0.1, 0.15) is 5.75 Å². The van der Waals surface area contributed by atoms with Crippen molar-refractivity contribution in [1.29, 1.82) is 0 Å². The van der Waals surface area contributed by atoms with Gasteiger partial charge in [0.25, 0.3) is 5.91 Å². The van der Waals surface area contributed by atoms with E-state index in [1.54, 1.807) is 6.92 Å². The van der Waals surface area contributed by atoms with Gasteiger partial charge in [-0.25, -0.2) is 4.68 Å². The molecule has 0 saturated carbocycles. The van der Waals surface area contributed by atoms with E-state index in [-0.39, 0.29) is 0 Å². The summed E-state index contributed by atoms with van der Waals surface area (Å²) in [5.41, 5.74) is 10.2. The second-order valence-corrected chi connectivity index (χ2v) is 6.05. The van der Waals surface area contributed by atoms with Crippen molar-refractivity contribution in [2.45, 2.75) is 26.9 Å². The van der Waals surface area contributed by atoms with Gasteiger partial charge in [-0.2, -0.15) is 5.10 Å². The number of hydrogen-bond acceptors (Lipinski definition) is 3. The molecule has 0 aliphatic heterocycles. The monoisotopic (exact) mass is 335 g/mol. The molecule has 0 radical (unpaired) electrons. The largest absolute Gasteiger partial charge is 0.480 e. The van der Waals surface area contributed by atoms with Gasteiger partial charge in [0.05, 0.1) is 11.4 Å². The number of primary amides is 1. The summed E-state index contributed by atoms with van der Waals surface area (Å²) in [6.07, 6.45) is -0.694. The Morgan fingerprint density at radius 3 is 2.56 bits per heavy atom. The fourth-order valence-corrected chi connectivity index (χ4v) is 2.75. The minimum atomic E-state index is -0.694. The van der Waals surface area contributed by atoms with Gasteiger partial charge in [0.2, 0.25) is 0 Å². The first-order valence-electron chi connectivity index (χ1n) is 8.15. The summed E-state index contributed by atoms with van der Waals surface area (Å²) in [5, 5.41) is 4.53. The Kier molecular flexibility index (Phi) is 4.57. The minimum absolute atomic E-state index is 0.494. The van der Waals surface area contributed by atoms with Crippen LogP contribution in [-0.4, -0.2) is 21.8 Å². The van der Waals surface area contributed by atoms with E-state index >= 15 is 0 Å². The molecule has 0 aliphatic rings. The van der Waals surface area contributed by atoms with E-state index in [2.05, 4.69) is 11.2 Å². The van der Waals surface area contributed by atoms with Crippen LogP contribution in [0.2, 0.25) is 0 Å². The third kappa shape index (κ3) is 3.55. The van der Waals surface area contributed by atoms with E-state index in [0.29, 0.717) is 5.75 Å². The number of aryl methyl sites for hydroxylation is 2. The molecular weight excluding hydrogens is 314 g/mol. The van der Waals surface area contributed by atoms with Crippen LogP contribution >= 0.6 is 0 Å². The summed E-state index contributed by atoms with van der Waals surface area (Å²) in [6, 6.07) is 17.7. The second-order valence-electron chi connectivity index (χ2n) is 6.05. The van der Waals surface area contributed by atoms with Gasteiger partial charge in [-0.05, 0) is 50.6 Å². The number of para-hydroxylation sites is 1. The molecule has 1 atom stereocenters. The van der Waals surface area contributed by atoms with Gasteiger partial charge in [0.15, 0.2) is 6.10 Å². The van der Waals surface area contributed by atoms with Crippen molar-refractivity contribution in [3.8, 4) is 22.6 Å². The fraction of sp³-hybridized carbons (Fsp3) is 0.200. The minimum Gasteiger partial charge on any atom is -0.480 e. The molecule has 3 aromatic rings. The molecule has 5 heteroatoms. The van der Waals surface area contributed by atoms with Crippen LogP contribution in [0.4, 0.5) is 0 Å². The predicted molar refractivity (Wildman–Crippen MR) is 97.8 cm³/mol. The van der Waals surface area contributed by atoms with E-state index in [1.807, 2.05) is 67.1 Å². The molecule has 5 nitrogen and oxygen atoms in total. The molecule has 0 aliphatic carbocycles. The number of nitrogens with two attached hydrogens (primary N) is 1. The highest BCUT2D eigenvalue weighted by atomic mass is 16.5. The average Bonchev–Trinajstić information content (AvgIpc) is 2.94. The van der Waals surface area contributed by atoms with Crippen molar-refractivity contribution in [3.63, 3.8) is 0 Å². The number of benzene rings is 2. The summed E-state index contributed by atoms with van der Waals surface area (Å²) >= 11 is 0. The van der Waals surface area contributed by atoms with Crippen LogP contribution in [0.15, 0.2) is 54.6 Å². The van der Waals surface area contributed by atoms with Crippen LogP contribution < -0.4 is 10.5 Å². The fourth-order valence-electron chi connectivity index (χ4n) is 2.75. The molecule has 2 N–H and O–H groups in total. The smallest absolute Gasteiger partial charge is 0.258 e. The standard InChI is InChI=1S/C20H21N3O2/c1-13-11-14(2)23(22-13)17-8-6-7-16(12-17)18-9-4-5-10-19(18)25-15(3)20(21)24/h4-12,15H,1-3H3,(H2,21,24)/t15-/m0/s1. The van der Waals surface area contributed by atoms with Crippen molar-refractivity contribution in [1.82, 2.24) is 9.78 Å². The van der Waals surface area contributed by atoms with Gasteiger partial charge in [0, 0.05) is 11.3 Å². The van der Waals surface area contributed by atoms with Crippen molar-refractivity contribution in [3.05, 3.63) is 66.0 Å². The first-order chi connectivity index (χ1) is 12.0. The van der Waals surface area contributed by atoms with E-state index in [1.165, 1.54) is 0 Å². The number of rotatable bonds is 5. The second kappa shape index (κ2) is 6.81. The lowest BCUT2D eigenvalue weighted by Crippen LogP contribution is -2.30. The molecule has 0 saturated heterocycles. The third-order valence-corrected chi connectivity index (χ3v) is 4.00. The normalized spacial score (nSPS) is 12.0. The highest BCUT2D eigenvalue weighted by Crippen LogP contribution is 2.31. The lowest BCUT2D eigenvalue weighted by molar-refractivity contribution is -0.123. The zero-order chi connectivity index (χ0) is 18.0. The highest BCUT2D eigenvalue weighted by Gasteiger charge is 2.14. The SMILES string of the molecule is Cc1cc(C)n(-c2cccc(-c3ccccc3O[C@@H](C)C(N)=O)c2)n1. The van der Waals surface area contributed by atoms with Gasteiger partial charge in [-0.15, -0.1) is 0 Å². The molecule has 3 rings (SSSR count). The molecule has 25 heavy (non-hydrogen) atoms. The molecule has 1 aromatic heterocycles. The molecule has 1 heterocycles. The number of ether oxygens (including phenoxy) is 1. The number of carbonyl (C=O) groups is 1. The Labute approximate surface area is 147 Å². The molecule has 0 bridgehead atoms. The number of carbonyl (C=O) groups excluding carboxylic acids is 1. The summed E-state index contributed by atoms with van der Waals surface area (Å²) in [4.78, 5) is 11.3. The predicted octanol–water partition coefficient (Wildman–Crippen LogP) is 3.41. The van der Waals surface area contributed by atoms with Gasteiger partial charge >= 0.3 is 0 Å². The molecule has 0 unspecified atom stereocenters. The van der Waals surface area contributed by atoms with Crippen LogP contribution in [0.3, 0.4) is 0 Å². The van der Waals surface area contributed by atoms with Crippen LogP contribution in [0.1, 0.15) is 18.3 Å². The Hall–Kier alpha value is -3.08. The van der Waals surface area contributed by atoms with Gasteiger partial charge in [-0.1, -0.05) is 30.3 Å². The Bertz CT molecular complexity index is 915. The molecular formula is C20H21N3O2. The van der Waals surface area contributed by atoms with Crippen LogP contribution in [0, 0.1) is 13.8 Å². The maximum Gasteiger partial charge on any atom is 0.258 e. The highest BCUT2D eigenvalue weighted by molar-refractivity contribution is 5.79. The quantitative estimate of drug-likeness (QED) is 0.777. The first-order valence-corrected chi connectivity index (χ1v) is 8.15. The summed E-state index contributed by atoms with van der Waals surface area (Å²) < 4.78 is 7.65. The van der Waals surface area contributed by atoms with Gasteiger partial charge < -0.3 is 10.5 Å². The number of hydrogen-bond donors (Lipinski definition) is 1. The maximum absolute atomic E-state index is 11.3. The summed E-state index contributed by atoms with van der Waals surface area (Å²) in [7, 11) is 0. The van der Waals surface area contributed by atoms with Crippen molar-refractivity contribution in [2.75, 3.05) is 0 Å². The molecule has 128 valence electrons. The number of amides is 1. The zero-order valence-electron chi connectivity index (χ0n) is 14.6. The zero-order valence-corrected chi connectivity index (χ0v) is 14.6. The number of aromatic nitrogens is 2. The van der Waals surface area contributed by atoms with E-state index < -0.39 is 12.0 Å². The van der Waals surface area contributed by atoms with E-state index in [0.717, 1.165) is 28.2 Å². The number of nitrogens with zero attached hydrogens (tertiary/aromatic N) is 2. The summed E-state index contributed by atoms with van der Waals surface area (Å²) in [5.74, 6) is 0.130. The molecule has 0 spiro atoms. The Morgan fingerprint density at radius 1 is 1.12 bits per heavy atom. The molecule has 2 aromatic carbocycles. The van der Waals surface area contributed by atoms with Crippen LogP contribution in [-0.2, 0) is 4.79 Å². The Morgan fingerprint density at radius 2 is 1.88 bits per heavy atom. The van der Waals surface area contributed by atoms with E-state index in [9.17, 15) is 4.79 Å². The van der Waals surface area contributed by atoms with E-state index in [4.69, 9.17) is 10.5 Å². The molecule has 0 fully saturated rings. The average molecular weight is 335 g/mol. The summed E-state index contributed by atoms with van der Waals surface area (Å²) in [6.45, 7) is 5.64. The molecule has 1 amide bonds. The van der Waals surface area contributed by atoms with Gasteiger partial charge in [-0.3, -0.25) is 4.79 Å². The topological polar surface area (TPSA) is 70.1 Å². The third-order valence-electron chi connectivity index (χ3n) is 4.00. The van der Waals surface area contributed by atoms with Crippen LogP contribution in [0.25, 0.3) is 16.8 Å².